The van der Waals surface area contributed by atoms with E-state index in [1.165, 1.54) is 4.80 Å². The normalized spacial score (nSPS) is 12.1. The SMILES string of the molecule is C[N+](C)(C)CC(=O)NC(CCCCNC(=O)Cn1nnc(-c2ccccc2)n1)C(=O)NN. The Labute approximate surface area is 187 Å². The summed E-state index contributed by atoms with van der Waals surface area (Å²) in [6.45, 7) is 0.620. The number of carbonyl (C=O) groups is 3. The van der Waals surface area contributed by atoms with Gasteiger partial charge in [0.2, 0.25) is 11.7 Å². The van der Waals surface area contributed by atoms with E-state index in [1.807, 2.05) is 51.5 Å². The molecule has 1 heterocycles. The van der Waals surface area contributed by atoms with Gasteiger partial charge in [-0.25, -0.2) is 5.84 Å². The van der Waals surface area contributed by atoms with E-state index in [4.69, 9.17) is 5.84 Å². The van der Waals surface area contributed by atoms with Gasteiger partial charge >= 0.3 is 0 Å². The number of tetrazole rings is 1. The summed E-state index contributed by atoms with van der Waals surface area (Å²) in [6.07, 6.45) is 1.65. The van der Waals surface area contributed by atoms with Gasteiger partial charge in [0.1, 0.15) is 12.6 Å². The van der Waals surface area contributed by atoms with Crippen molar-refractivity contribution in [1.82, 2.24) is 36.3 Å². The predicted octanol–water partition coefficient (Wildman–Crippen LogP) is -1.19. The van der Waals surface area contributed by atoms with E-state index in [0.29, 0.717) is 36.1 Å². The van der Waals surface area contributed by atoms with Crippen molar-refractivity contribution >= 4 is 17.7 Å². The molecular weight excluding hydrogens is 414 g/mol. The first-order valence-corrected chi connectivity index (χ1v) is 10.4. The van der Waals surface area contributed by atoms with E-state index >= 15 is 0 Å². The van der Waals surface area contributed by atoms with Crippen LogP contribution in [0.5, 0.6) is 0 Å². The summed E-state index contributed by atoms with van der Waals surface area (Å²) in [5, 5.41) is 17.6. The van der Waals surface area contributed by atoms with Gasteiger partial charge in [-0.3, -0.25) is 19.8 Å². The van der Waals surface area contributed by atoms with Gasteiger partial charge in [0, 0.05) is 12.1 Å². The molecule has 1 aromatic carbocycles. The molecule has 0 bridgehead atoms. The fourth-order valence-corrected chi connectivity index (χ4v) is 2.94. The topological polar surface area (TPSA) is 157 Å². The lowest BCUT2D eigenvalue weighted by molar-refractivity contribution is -0.862. The Kier molecular flexibility index (Phi) is 9.22. The molecule has 0 fully saturated rings. The van der Waals surface area contributed by atoms with Gasteiger partial charge in [0.05, 0.1) is 21.1 Å². The number of nitrogens with zero attached hydrogens (tertiary/aromatic N) is 5. The van der Waals surface area contributed by atoms with Crippen molar-refractivity contribution in [3.63, 3.8) is 0 Å². The molecule has 2 rings (SSSR count). The van der Waals surface area contributed by atoms with Gasteiger partial charge in [0.15, 0.2) is 6.54 Å². The van der Waals surface area contributed by atoms with Crippen LogP contribution in [0.2, 0.25) is 0 Å². The van der Waals surface area contributed by atoms with Crippen molar-refractivity contribution < 1.29 is 18.9 Å². The summed E-state index contributed by atoms with van der Waals surface area (Å²) in [5.74, 6) is 4.76. The predicted molar refractivity (Wildman–Crippen MR) is 117 cm³/mol. The molecule has 0 spiro atoms. The lowest BCUT2D eigenvalue weighted by Gasteiger charge is -2.24. The molecule has 1 aromatic heterocycles. The molecule has 0 aliphatic carbocycles. The average Bonchev–Trinajstić information content (AvgIpc) is 3.19. The van der Waals surface area contributed by atoms with E-state index in [2.05, 4.69) is 31.5 Å². The molecular formula is C20H32N9O3+. The number of hydrogen-bond donors (Lipinski definition) is 4. The van der Waals surface area contributed by atoms with E-state index < -0.39 is 11.9 Å². The van der Waals surface area contributed by atoms with Crippen LogP contribution >= 0.6 is 0 Å². The van der Waals surface area contributed by atoms with Crippen LogP contribution in [0.15, 0.2) is 30.3 Å². The molecule has 174 valence electrons. The highest BCUT2D eigenvalue weighted by Gasteiger charge is 2.22. The Balaban J connectivity index is 1.71. The Morgan fingerprint density at radius 2 is 1.81 bits per heavy atom. The number of carbonyl (C=O) groups excluding carboxylic acids is 3. The summed E-state index contributed by atoms with van der Waals surface area (Å²) >= 11 is 0. The largest absolute Gasteiger partial charge is 0.354 e. The van der Waals surface area contributed by atoms with Crippen molar-refractivity contribution in [2.75, 3.05) is 34.2 Å². The molecule has 12 nitrogen and oxygen atoms in total. The maximum absolute atomic E-state index is 12.1. The number of likely N-dealkylation sites (N-methyl/N-ethyl adjacent to an activating group) is 1. The first-order chi connectivity index (χ1) is 15.2. The van der Waals surface area contributed by atoms with Crippen LogP contribution in [0, 0.1) is 0 Å². The Morgan fingerprint density at radius 1 is 1.09 bits per heavy atom. The number of hydrogen-bond acceptors (Lipinski definition) is 7. The first-order valence-electron chi connectivity index (χ1n) is 10.4. The van der Waals surface area contributed by atoms with Crippen LogP contribution in [0.3, 0.4) is 0 Å². The van der Waals surface area contributed by atoms with Crippen LogP contribution in [-0.4, -0.2) is 82.7 Å². The second-order valence-electron chi connectivity index (χ2n) is 8.43. The fraction of sp³-hybridized carbons (Fsp3) is 0.500. The highest BCUT2D eigenvalue weighted by Crippen LogP contribution is 2.11. The lowest BCUT2D eigenvalue weighted by atomic mass is 10.1. The van der Waals surface area contributed by atoms with E-state index in [1.54, 1.807) is 0 Å². The fourth-order valence-electron chi connectivity index (χ4n) is 2.94. The number of quaternary nitrogens is 1. The molecule has 32 heavy (non-hydrogen) atoms. The van der Waals surface area contributed by atoms with E-state index in [0.717, 1.165) is 5.56 Å². The summed E-state index contributed by atoms with van der Waals surface area (Å²) in [7, 11) is 5.66. The Morgan fingerprint density at radius 3 is 2.47 bits per heavy atom. The number of hydrazine groups is 1. The third kappa shape index (κ3) is 8.78. The molecule has 5 N–H and O–H groups in total. The number of unbranched alkanes of at least 4 members (excludes halogenated alkanes) is 1. The second kappa shape index (κ2) is 11.9. The monoisotopic (exact) mass is 446 g/mol. The second-order valence-corrected chi connectivity index (χ2v) is 8.43. The van der Waals surface area contributed by atoms with Crippen LogP contribution < -0.4 is 21.9 Å². The number of rotatable bonds is 12. The third-order valence-electron chi connectivity index (χ3n) is 4.42. The van der Waals surface area contributed by atoms with Crippen LogP contribution in [0.25, 0.3) is 11.4 Å². The van der Waals surface area contributed by atoms with Crippen molar-refractivity contribution in [3.8, 4) is 11.4 Å². The highest BCUT2D eigenvalue weighted by atomic mass is 16.2. The highest BCUT2D eigenvalue weighted by molar-refractivity contribution is 5.87. The Hall–Kier alpha value is -3.38. The first kappa shape index (κ1) is 24.9. The summed E-state index contributed by atoms with van der Waals surface area (Å²) in [4.78, 5) is 37.4. The molecule has 0 saturated carbocycles. The number of nitrogens with two attached hydrogens (primary N) is 1. The number of aromatic nitrogens is 4. The molecule has 0 aliphatic rings. The van der Waals surface area contributed by atoms with Crippen LogP contribution in [0.1, 0.15) is 19.3 Å². The summed E-state index contributed by atoms with van der Waals surface area (Å²) in [5.41, 5.74) is 2.91. The average molecular weight is 447 g/mol. The quantitative estimate of drug-likeness (QED) is 0.105. The van der Waals surface area contributed by atoms with Gasteiger partial charge in [-0.1, -0.05) is 30.3 Å². The molecule has 0 saturated heterocycles. The smallest absolute Gasteiger partial charge is 0.275 e. The zero-order valence-electron chi connectivity index (χ0n) is 18.7. The van der Waals surface area contributed by atoms with Crippen molar-refractivity contribution in [2.45, 2.75) is 31.8 Å². The minimum Gasteiger partial charge on any atom is -0.354 e. The van der Waals surface area contributed by atoms with Crippen molar-refractivity contribution in [2.24, 2.45) is 5.84 Å². The molecule has 0 radical (unpaired) electrons. The Bertz CT molecular complexity index is 893. The number of benzene rings is 1. The molecule has 0 aliphatic heterocycles. The van der Waals surface area contributed by atoms with Gasteiger partial charge < -0.3 is 15.1 Å². The summed E-state index contributed by atoms with van der Waals surface area (Å²) in [6, 6.07) is 8.66. The van der Waals surface area contributed by atoms with Gasteiger partial charge in [0.25, 0.3) is 11.8 Å². The van der Waals surface area contributed by atoms with Crippen molar-refractivity contribution in [3.05, 3.63) is 30.3 Å². The standard InChI is InChI=1S/C20H31N9O3/c1-29(2,3)14-18(31)23-16(20(32)24-21)11-7-8-12-22-17(30)13-28-26-19(25-27-28)15-9-5-4-6-10-15/h4-6,9-10,16H,7-8,11-14H2,1-3H3,(H4-,21,22,23,24,25,26,27,30,31,32)/p+1. The zero-order chi connectivity index (χ0) is 23.6. The number of amides is 3. The lowest BCUT2D eigenvalue weighted by Crippen LogP contribution is -2.52. The molecule has 3 amide bonds. The zero-order valence-corrected chi connectivity index (χ0v) is 18.7. The minimum atomic E-state index is -0.717. The molecule has 12 heteroatoms. The number of nitrogens with one attached hydrogen (secondary N) is 3. The maximum atomic E-state index is 12.1. The third-order valence-corrected chi connectivity index (χ3v) is 4.42. The molecule has 1 atom stereocenters. The van der Waals surface area contributed by atoms with Gasteiger partial charge in [-0.2, -0.15) is 4.80 Å². The molecule has 1 unspecified atom stereocenters. The maximum Gasteiger partial charge on any atom is 0.275 e. The van der Waals surface area contributed by atoms with Gasteiger partial charge in [-0.15, -0.1) is 10.2 Å². The van der Waals surface area contributed by atoms with Crippen LogP contribution in [-0.2, 0) is 20.9 Å². The summed E-state index contributed by atoms with van der Waals surface area (Å²) < 4.78 is 0.447. The van der Waals surface area contributed by atoms with Gasteiger partial charge in [-0.05, 0) is 24.5 Å². The van der Waals surface area contributed by atoms with Crippen LogP contribution in [0.4, 0.5) is 0 Å². The molecule has 2 aromatic rings. The van der Waals surface area contributed by atoms with E-state index in [9.17, 15) is 14.4 Å². The van der Waals surface area contributed by atoms with Crippen molar-refractivity contribution in [1.29, 1.82) is 0 Å². The minimum absolute atomic E-state index is 0.0425. The van der Waals surface area contributed by atoms with E-state index in [-0.39, 0.29) is 24.9 Å².